The van der Waals surface area contributed by atoms with Gasteiger partial charge in [0.25, 0.3) is 5.91 Å². The van der Waals surface area contributed by atoms with E-state index in [1.807, 2.05) is 26.0 Å². The summed E-state index contributed by atoms with van der Waals surface area (Å²) in [7, 11) is -3.59. The monoisotopic (exact) mass is 440 g/mol. The van der Waals surface area contributed by atoms with Gasteiger partial charge in [0.15, 0.2) is 5.76 Å². The Kier molecular flexibility index (Phi) is 5.90. The number of sulfonamides is 1. The largest absolute Gasteiger partial charge is 0.451 e. The van der Waals surface area contributed by atoms with Crippen LogP contribution >= 0.6 is 0 Å². The maximum atomic E-state index is 13.1. The Morgan fingerprint density at radius 1 is 1.16 bits per heavy atom. The van der Waals surface area contributed by atoms with Crippen LogP contribution in [-0.4, -0.2) is 31.7 Å². The summed E-state index contributed by atoms with van der Waals surface area (Å²) < 4.78 is 33.0. The molecule has 0 radical (unpaired) electrons. The van der Waals surface area contributed by atoms with Gasteiger partial charge in [-0.25, -0.2) is 8.42 Å². The zero-order chi connectivity index (χ0) is 22.2. The lowest BCUT2D eigenvalue weighted by atomic mass is 9.87. The third-order valence-electron chi connectivity index (χ3n) is 6.13. The molecule has 1 aromatic heterocycles. The Morgan fingerprint density at radius 3 is 2.65 bits per heavy atom. The van der Waals surface area contributed by atoms with Crippen molar-refractivity contribution < 1.29 is 17.6 Å². The van der Waals surface area contributed by atoms with Gasteiger partial charge in [-0.1, -0.05) is 38.1 Å². The molecule has 4 rings (SSSR count). The second kappa shape index (κ2) is 8.48. The van der Waals surface area contributed by atoms with E-state index in [2.05, 4.69) is 17.4 Å². The lowest BCUT2D eigenvalue weighted by Crippen LogP contribution is -2.31. The molecule has 0 bridgehead atoms. The maximum Gasteiger partial charge on any atom is 0.287 e. The molecule has 0 aliphatic heterocycles. The summed E-state index contributed by atoms with van der Waals surface area (Å²) in [6, 6.07) is 12.9. The number of nitrogens with zero attached hydrogens (tertiary/aromatic N) is 1. The van der Waals surface area contributed by atoms with Crippen molar-refractivity contribution >= 4 is 26.9 Å². The molecule has 31 heavy (non-hydrogen) atoms. The predicted molar refractivity (Wildman–Crippen MR) is 121 cm³/mol. The molecule has 164 valence electrons. The topological polar surface area (TPSA) is 79.6 Å². The lowest BCUT2D eigenvalue weighted by Gasteiger charge is -2.26. The molecule has 7 heteroatoms. The van der Waals surface area contributed by atoms with Crippen LogP contribution in [0.1, 0.15) is 60.0 Å². The Labute approximate surface area is 183 Å². The number of hydrogen-bond acceptors (Lipinski definition) is 4. The highest BCUT2D eigenvalue weighted by molar-refractivity contribution is 7.89. The SMILES string of the molecule is CCN(CC)S(=O)(=O)c1ccc2oc(C(=O)N[C@H]3CCCc4ccccc43)c(C)c2c1. The third-order valence-corrected chi connectivity index (χ3v) is 8.18. The molecule has 1 amide bonds. The summed E-state index contributed by atoms with van der Waals surface area (Å²) in [4.78, 5) is 13.3. The minimum atomic E-state index is -3.59. The van der Waals surface area contributed by atoms with Crippen molar-refractivity contribution in [3.63, 3.8) is 0 Å². The van der Waals surface area contributed by atoms with E-state index in [4.69, 9.17) is 4.42 Å². The Bertz CT molecular complexity index is 1230. The number of aryl methyl sites for hydroxylation is 2. The number of carbonyl (C=O) groups excluding carboxylic acids is 1. The molecule has 1 atom stereocenters. The van der Waals surface area contributed by atoms with Crippen molar-refractivity contribution in [2.24, 2.45) is 0 Å². The molecule has 2 aromatic carbocycles. The highest BCUT2D eigenvalue weighted by Crippen LogP contribution is 2.32. The summed E-state index contributed by atoms with van der Waals surface area (Å²) in [6.45, 7) is 6.22. The number of carbonyl (C=O) groups is 1. The molecular formula is C24H28N2O4S. The van der Waals surface area contributed by atoms with Gasteiger partial charge in [0.1, 0.15) is 5.58 Å². The zero-order valence-corrected chi connectivity index (χ0v) is 19.0. The van der Waals surface area contributed by atoms with Gasteiger partial charge in [0.05, 0.1) is 10.9 Å². The zero-order valence-electron chi connectivity index (χ0n) is 18.1. The van der Waals surface area contributed by atoms with Crippen LogP contribution in [0.4, 0.5) is 0 Å². The molecule has 0 spiro atoms. The van der Waals surface area contributed by atoms with E-state index in [1.165, 1.54) is 15.9 Å². The number of fused-ring (bicyclic) bond motifs is 2. The van der Waals surface area contributed by atoms with E-state index >= 15 is 0 Å². The minimum Gasteiger partial charge on any atom is -0.451 e. The fourth-order valence-corrected chi connectivity index (χ4v) is 5.90. The van der Waals surface area contributed by atoms with Gasteiger partial charge in [0, 0.05) is 24.0 Å². The summed E-state index contributed by atoms with van der Waals surface area (Å²) in [5, 5.41) is 3.76. The number of hydrogen-bond donors (Lipinski definition) is 1. The van der Waals surface area contributed by atoms with Crippen LogP contribution in [0.25, 0.3) is 11.0 Å². The van der Waals surface area contributed by atoms with Crippen molar-refractivity contribution in [3.8, 4) is 0 Å². The lowest BCUT2D eigenvalue weighted by molar-refractivity contribution is 0.0906. The predicted octanol–water partition coefficient (Wildman–Crippen LogP) is 4.58. The number of amides is 1. The number of rotatable bonds is 6. The van der Waals surface area contributed by atoms with Crippen LogP contribution in [0, 0.1) is 6.92 Å². The van der Waals surface area contributed by atoms with Gasteiger partial charge in [0.2, 0.25) is 10.0 Å². The van der Waals surface area contributed by atoms with Crippen LogP contribution in [0.3, 0.4) is 0 Å². The molecule has 1 aliphatic rings. The molecule has 1 aliphatic carbocycles. The molecule has 0 fully saturated rings. The van der Waals surface area contributed by atoms with Crippen LogP contribution in [0.2, 0.25) is 0 Å². The molecular weight excluding hydrogens is 412 g/mol. The number of benzene rings is 2. The maximum absolute atomic E-state index is 13.1. The van der Waals surface area contributed by atoms with E-state index in [-0.39, 0.29) is 22.6 Å². The summed E-state index contributed by atoms with van der Waals surface area (Å²) >= 11 is 0. The van der Waals surface area contributed by atoms with Crippen molar-refractivity contribution in [2.75, 3.05) is 13.1 Å². The molecule has 6 nitrogen and oxygen atoms in total. The Morgan fingerprint density at radius 2 is 1.90 bits per heavy atom. The summed E-state index contributed by atoms with van der Waals surface area (Å²) in [5.74, 6) is -0.0426. The van der Waals surface area contributed by atoms with Crippen molar-refractivity contribution in [3.05, 3.63) is 64.9 Å². The molecule has 1 N–H and O–H groups in total. The van der Waals surface area contributed by atoms with E-state index < -0.39 is 10.0 Å². The van der Waals surface area contributed by atoms with Gasteiger partial charge in [-0.15, -0.1) is 0 Å². The molecule has 1 heterocycles. The number of nitrogens with one attached hydrogen (secondary N) is 1. The summed E-state index contributed by atoms with van der Waals surface area (Å²) in [6.07, 6.45) is 2.93. The fourth-order valence-electron chi connectivity index (χ4n) is 4.42. The first-order chi connectivity index (χ1) is 14.9. The molecule has 0 saturated carbocycles. The van der Waals surface area contributed by atoms with E-state index in [0.717, 1.165) is 24.8 Å². The van der Waals surface area contributed by atoms with Crippen LogP contribution < -0.4 is 5.32 Å². The van der Waals surface area contributed by atoms with Crippen LogP contribution in [-0.2, 0) is 16.4 Å². The van der Waals surface area contributed by atoms with Crippen LogP contribution in [0.5, 0.6) is 0 Å². The van der Waals surface area contributed by atoms with E-state index in [9.17, 15) is 13.2 Å². The fraction of sp³-hybridized carbons (Fsp3) is 0.375. The normalized spacial score (nSPS) is 16.5. The summed E-state index contributed by atoms with van der Waals surface area (Å²) in [5.41, 5.74) is 3.58. The van der Waals surface area contributed by atoms with Crippen molar-refractivity contribution in [2.45, 2.75) is 51.0 Å². The quantitative estimate of drug-likeness (QED) is 0.608. The first-order valence-electron chi connectivity index (χ1n) is 10.8. The molecule has 0 saturated heterocycles. The second-order valence-electron chi connectivity index (χ2n) is 7.92. The molecule has 0 unspecified atom stereocenters. The van der Waals surface area contributed by atoms with Gasteiger partial charge in [-0.05, 0) is 55.5 Å². The Balaban J connectivity index is 1.65. The van der Waals surface area contributed by atoms with E-state index in [1.54, 1.807) is 19.1 Å². The average Bonchev–Trinajstić information content (AvgIpc) is 3.11. The van der Waals surface area contributed by atoms with Gasteiger partial charge >= 0.3 is 0 Å². The van der Waals surface area contributed by atoms with E-state index in [0.29, 0.717) is 29.6 Å². The first-order valence-corrected chi connectivity index (χ1v) is 12.2. The highest BCUT2D eigenvalue weighted by Gasteiger charge is 2.27. The standard InChI is InChI=1S/C24H28N2O4S/c1-4-26(5-2)31(28,29)18-13-14-22-20(15-18)16(3)23(30-22)24(27)25-21-12-8-10-17-9-6-7-11-19(17)21/h6-7,9,11,13-15,21H,4-5,8,10,12H2,1-3H3,(H,25,27)/t21-/m0/s1. The first kappa shape index (κ1) is 21.6. The second-order valence-corrected chi connectivity index (χ2v) is 9.86. The smallest absolute Gasteiger partial charge is 0.287 e. The Hall–Kier alpha value is -2.64. The highest BCUT2D eigenvalue weighted by atomic mass is 32.2. The van der Waals surface area contributed by atoms with Gasteiger partial charge < -0.3 is 9.73 Å². The minimum absolute atomic E-state index is 0.0522. The van der Waals surface area contributed by atoms with Gasteiger partial charge in [-0.2, -0.15) is 4.31 Å². The average molecular weight is 441 g/mol. The molecule has 3 aromatic rings. The third kappa shape index (κ3) is 3.88. The van der Waals surface area contributed by atoms with Crippen molar-refractivity contribution in [1.29, 1.82) is 0 Å². The van der Waals surface area contributed by atoms with Gasteiger partial charge in [-0.3, -0.25) is 4.79 Å². The number of furan rings is 1. The van der Waals surface area contributed by atoms with Crippen molar-refractivity contribution in [1.82, 2.24) is 9.62 Å². The van der Waals surface area contributed by atoms with Crippen LogP contribution in [0.15, 0.2) is 51.8 Å².